The minimum atomic E-state index is -3.79. The molecule has 8 heteroatoms. The average Bonchev–Trinajstić information content (AvgIpc) is 2.77. The lowest BCUT2D eigenvalue weighted by Gasteiger charge is -2.56. The van der Waals surface area contributed by atoms with Crippen LogP contribution in [0.1, 0.15) is 93.6 Å². The lowest BCUT2D eigenvalue weighted by atomic mass is 9.76. The molecule has 0 aromatic heterocycles. The SMILES string of the molecule is Cc1ccc(S(=O)(=O)N2C[C@@H](O[Si](C)(C)C(C)(C)C)CC=C2C2(O[Si](C(C)C)(C(C)C)C(C)C)CCC2)cc1. The van der Waals surface area contributed by atoms with E-state index in [-0.39, 0.29) is 11.1 Å². The summed E-state index contributed by atoms with van der Waals surface area (Å²) in [6.07, 6.45) is 5.49. The lowest BCUT2D eigenvalue weighted by molar-refractivity contribution is -0.0106. The van der Waals surface area contributed by atoms with Gasteiger partial charge < -0.3 is 8.85 Å². The lowest BCUT2D eigenvalue weighted by Crippen LogP contribution is -2.61. The Labute approximate surface area is 242 Å². The topological polar surface area (TPSA) is 55.8 Å². The minimum absolute atomic E-state index is 0.0486. The molecule has 1 aromatic carbocycles. The summed E-state index contributed by atoms with van der Waals surface area (Å²) in [5, 5.41) is 0.0486. The fourth-order valence-corrected chi connectivity index (χ4v) is 15.1. The maximum atomic E-state index is 14.4. The highest BCUT2D eigenvalue weighted by atomic mass is 32.2. The number of benzene rings is 1. The maximum Gasteiger partial charge on any atom is 0.264 e. The molecule has 1 fully saturated rings. The Hall–Kier alpha value is -0.936. The Bertz CT molecular complexity index is 1110. The fraction of sp³-hybridized carbons (Fsp3) is 0.742. The van der Waals surface area contributed by atoms with Gasteiger partial charge >= 0.3 is 0 Å². The molecule has 0 unspecified atom stereocenters. The van der Waals surface area contributed by atoms with Crippen LogP contribution in [0, 0.1) is 6.92 Å². The summed E-state index contributed by atoms with van der Waals surface area (Å²) < 4.78 is 44.7. The molecule has 0 N–H and O–H groups in total. The van der Waals surface area contributed by atoms with Gasteiger partial charge in [0.15, 0.2) is 8.32 Å². The molecule has 3 rings (SSSR count). The number of nitrogens with zero attached hydrogens (tertiary/aromatic N) is 1. The van der Waals surface area contributed by atoms with E-state index < -0.39 is 32.3 Å². The summed E-state index contributed by atoms with van der Waals surface area (Å²) in [7, 11) is -8.14. The van der Waals surface area contributed by atoms with Gasteiger partial charge in [0.25, 0.3) is 10.0 Å². The number of sulfonamides is 1. The highest BCUT2D eigenvalue weighted by Crippen LogP contribution is 2.53. The van der Waals surface area contributed by atoms with Gasteiger partial charge in [-0.15, -0.1) is 0 Å². The number of aryl methyl sites for hydroxylation is 1. The van der Waals surface area contributed by atoms with Crippen molar-refractivity contribution in [1.29, 1.82) is 0 Å². The van der Waals surface area contributed by atoms with Crippen molar-refractivity contribution in [2.24, 2.45) is 0 Å². The first-order chi connectivity index (χ1) is 17.8. The molecule has 0 radical (unpaired) electrons. The normalized spacial score (nSPS) is 20.9. The minimum Gasteiger partial charge on any atom is -0.412 e. The molecule has 0 amide bonds. The Balaban J connectivity index is 2.12. The predicted molar refractivity (Wildman–Crippen MR) is 169 cm³/mol. The quantitative estimate of drug-likeness (QED) is 0.254. The summed E-state index contributed by atoms with van der Waals surface area (Å²) in [5.74, 6) is 0. The zero-order valence-corrected chi connectivity index (χ0v) is 29.5. The van der Waals surface area contributed by atoms with E-state index in [0.717, 1.165) is 30.5 Å². The number of hydrogen-bond acceptors (Lipinski definition) is 4. The first-order valence-electron chi connectivity index (χ1n) is 15.0. The van der Waals surface area contributed by atoms with Crippen LogP contribution in [-0.2, 0) is 18.9 Å². The smallest absolute Gasteiger partial charge is 0.264 e. The molecule has 39 heavy (non-hydrogen) atoms. The van der Waals surface area contributed by atoms with Gasteiger partial charge in [-0.3, -0.25) is 4.31 Å². The van der Waals surface area contributed by atoms with Crippen LogP contribution < -0.4 is 0 Å². The van der Waals surface area contributed by atoms with E-state index in [1.807, 2.05) is 19.1 Å². The van der Waals surface area contributed by atoms with Gasteiger partial charge in [0.2, 0.25) is 8.32 Å². The molecule has 1 heterocycles. The van der Waals surface area contributed by atoms with Crippen molar-refractivity contribution < 1.29 is 17.3 Å². The molecule has 222 valence electrons. The van der Waals surface area contributed by atoms with Crippen LogP contribution in [0.5, 0.6) is 0 Å². The van der Waals surface area contributed by atoms with Crippen LogP contribution in [0.25, 0.3) is 0 Å². The van der Waals surface area contributed by atoms with E-state index in [9.17, 15) is 8.42 Å². The molecular formula is C31H55NO4SSi2. The number of hydrogen-bond donors (Lipinski definition) is 0. The largest absolute Gasteiger partial charge is 0.412 e. The van der Waals surface area contributed by atoms with Gasteiger partial charge in [-0.2, -0.15) is 0 Å². The maximum absolute atomic E-state index is 14.4. The third-order valence-corrected chi connectivity index (χ3v) is 22.3. The zero-order chi connectivity index (χ0) is 29.6. The van der Waals surface area contributed by atoms with Gasteiger partial charge in [-0.1, -0.05) is 86.1 Å². The van der Waals surface area contributed by atoms with E-state index in [1.54, 1.807) is 16.4 Å². The van der Waals surface area contributed by atoms with Crippen LogP contribution in [0.2, 0.25) is 34.8 Å². The molecule has 0 bridgehead atoms. The fourth-order valence-electron chi connectivity index (χ4n) is 6.46. The third-order valence-electron chi connectivity index (χ3n) is 9.80. The van der Waals surface area contributed by atoms with E-state index >= 15 is 0 Å². The molecule has 2 aliphatic rings. The average molecular weight is 594 g/mol. The molecule has 1 aromatic rings. The second-order valence-corrected chi connectivity index (χ2v) is 26.4. The summed E-state index contributed by atoms with van der Waals surface area (Å²) in [4.78, 5) is 0.335. The van der Waals surface area contributed by atoms with E-state index in [0.29, 0.717) is 34.5 Å². The van der Waals surface area contributed by atoms with Gasteiger partial charge in [0, 0.05) is 0 Å². The zero-order valence-electron chi connectivity index (χ0n) is 26.7. The summed E-state index contributed by atoms with van der Waals surface area (Å²) in [5.41, 5.74) is 2.62. The van der Waals surface area contributed by atoms with Crippen molar-refractivity contribution in [3.63, 3.8) is 0 Å². The van der Waals surface area contributed by atoms with Gasteiger partial charge in [0.1, 0.15) is 0 Å². The van der Waals surface area contributed by atoms with Crippen molar-refractivity contribution in [3.8, 4) is 0 Å². The number of rotatable bonds is 10. The van der Waals surface area contributed by atoms with Crippen molar-refractivity contribution in [2.75, 3.05) is 6.54 Å². The first-order valence-corrected chi connectivity index (χ1v) is 21.5. The monoisotopic (exact) mass is 593 g/mol. The molecule has 1 aliphatic heterocycles. The molecule has 0 saturated heterocycles. The Morgan fingerprint density at radius 3 is 1.87 bits per heavy atom. The van der Waals surface area contributed by atoms with E-state index in [4.69, 9.17) is 8.85 Å². The highest BCUT2D eigenvalue weighted by molar-refractivity contribution is 7.89. The van der Waals surface area contributed by atoms with Crippen LogP contribution in [0.4, 0.5) is 0 Å². The second kappa shape index (κ2) is 11.4. The Kier molecular flexibility index (Phi) is 9.51. The van der Waals surface area contributed by atoms with Gasteiger partial charge in [-0.05, 0) is 79.5 Å². The van der Waals surface area contributed by atoms with Crippen LogP contribution in [0.3, 0.4) is 0 Å². The van der Waals surface area contributed by atoms with E-state index in [1.165, 1.54) is 0 Å². The molecule has 1 atom stereocenters. The van der Waals surface area contributed by atoms with Crippen LogP contribution in [0.15, 0.2) is 40.9 Å². The predicted octanol–water partition coefficient (Wildman–Crippen LogP) is 8.78. The third kappa shape index (κ3) is 6.15. The van der Waals surface area contributed by atoms with Crippen molar-refractivity contribution in [3.05, 3.63) is 41.6 Å². The van der Waals surface area contributed by atoms with Crippen molar-refractivity contribution in [2.45, 2.75) is 146 Å². The van der Waals surface area contributed by atoms with Gasteiger partial charge in [-0.25, -0.2) is 8.42 Å². The molecule has 5 nitrogen and oxygen atoms in total. The summed E-state index contributed by atoms with van der Waals surface area (Å²) in [6, 6.07) is 7.25. The van der Waals surface area contributed by atoms with Crippen LogP contribution >= 0.6 is 0 Å². The molecule has 0 spiro atoms. The first kappa shape index (κ1) is 32.6. The van der Waals surface area contributed by atoms with E-state index in [2.05, 4.69) is 81.5 Å². The Morgan fingerprint density at radius 2 is 1.46 bits per heavy atom. The Morgan fingerprint density at radius 1 is 0.949 bits per heavy atom. The second-order valence-electron chi connectivity index (χ2n) is 14.4. The molecule has 1 saturated carbocycles. The molecule has 1 aliphatic carbocycles. The van der Waals surface area contributed by atoms with Crippen molar-refractivity contribution in [1.82, 2.24) is 4.31 Å². The molecular weight excluding hydrogens is 539 g/mol. The summed E-state index contributed by atoms with van der Waals surface area (Å²) in [6.45, 7) is 27.3. The highest BCUT2D eigenvalue weighted by Gasteiger charge is 2.56. The van der Waals surface area contributed by atoms with Gasteiger partial charge in [0.05, 0.1) is 28.8 Å². The standard InChI is InChI=1S/C31H55NO4SSi2/c1-23(2)39(24(3)4,25(5)6)36-31(20-13-21-31)29-19-16-27(35-38(11,12)30(8,9)10)22-32(29)37(33,34)28-17-14-26(7)15-18-28/h14-15,17-19,23-25,27H,13,16,20-22H2,1-12H3/t27-/m0/s1. The van der Waals surface area contributed by atoms with Crippen LogP contribution in [-0.4, -0.2) is 47.6 Å². The van der Waals surface area contributed by atoms with Crippen molar-refractivity contribution >= 4 is 26.7 Å². The summed E-state index contributed by atoms with van der Waals surface area (Å²) >= 11 is 0.